The molecule has 1 saturated heterocycles. The number of halogens is 1. The molecule has 0 bridgehead atoms. The summed E-state index contributed by atoms with van der Waals surface area (Å²) in [5.41, 5.74) is 4.49. The van der Waals surface area contributed by atoms with Crippen molar-refractivity contribution in [2.75, 3.05) is 0 Å². The molecule has 2 aromatic rings. The fourth-order valence-corrected chi connectivity index (χ4v) is 4.71. The maximum Gasteiger partial charge on any atom is 0.328 e. The summed E-state index contributed by atoms with van der Waals surface area (Å²) in [5.74, 6) is -2.02. The number of aromatic hydroxyl groups is 1. The first-order valence-corrected chi connectivity index (χ1v) is 10.9. The molecular formula is C27H31FO4. The molecule has 0 radical (unpaired) electrons. The minimum Gasteiger partial charge on any atom is -0.505 e. The van der Waals surface area contributed by atoms with Crippen LogP contribution >= 0.6 is 0 Å². The van der Waals surface area contributed by atoms with Crippen LogP contribution in [0.5, 0.6) is 5.75 Å². The van der Waals surface area contributed by atoms with Crippen molar-refractivity contribution in [2.45, 2.75) is 65.1 Å². The van der Waals surface area contributed by atoms with Crippen LogP contribution in [0.1, 0.15) is 70.6 Å². The summed E-state index contributed by atoms with van der Waals surface area (Å²) < 4.78 is 20.6. The number of ether oxygens (including phenoxy) is 1. The highest BCUT2D eigenvalue weighted by molar-refractivity contribution is 5.90. The Morgan fingerprint density at radius 1 is 1.00 bits per heavy atom. The Morgan fingerprint density at radius 2 is 1.53 bits per heavy atom. The second-order valence-corrected chi connectivity index (χ2v) is 9.56. The number of carbonyl (C=O) groups is 1. The predicted octanol–water partition coefficient (Wildman–Crippen LogP) is 6.58. The highest BCUT2D eigenvalue weighted by Gasteiger charge is 2.37. The first kappa shape index (κ1) is 23.7. The van der Waals surface area contributed by atoms with Crippen molar-refractivity contribution in [2.24, 2.45) is 0 Å². The van der Waals surface area contributed by atoms with Gasteiger partial charge in [0.1, 0.15) is 0 Å². The van der Waals surface area contributed by atoms with Crippen molar-refractivity contribution in [1.82, 2.24) is 0 Å². The fourth-order valence-electron chi connectivity index (χ4n) is 4.71. The zero-order valence-corrected chi connectivity index (χ0v) is 19.3. The van der Waals surface area contributed by atoms with Crippen LogP contribution in [0.3, 0.4) is 0 Å². The molecule has 1 aliphatic rings. The van der Waals surface area contributed by atoms with Crippen LogP contribution in [0.15, 0.2) is 54.1 Å². The van der Waals surface area contributed by atoms with E-state index in [9.17, 15) is 14.3 Å². The van der Waals surface area contributed by atoms with Crippen LogP contribution in [0, 0.1) is 5.82 Å². The Balaban J connectivity index is 2.18. The number of carboxylic acids is 1. The first-order valence-electron chi connectivity index (χ1n) is 10.9. The number of allylic oxidation sites excluding steroid dienone is 1. The molecule has 0 aromatic heterocycles. The molecule has 1 fully saturated rings. The van der Waals surface area contributed by atoms with E-state index in [-0.39, 0.29) is 17.0 Å². The summed E-state index contributed by atoms with van der Waals surface area (Å²) in [5, 5.41) is 18.8. The van der Waals surface area contributed by atoms with E-state index in [1.807, 2.05) is 31.2 Å². The summed E-state index contributed by atoms with van der Waals surface area (Å²) in [6.45, 7) is 10.1. The Bertz CT molecular complexity index is 1060. The Morgan fingerprint density at radius 3 is 2.03 bits per heavy atom. The number of phenols is 1. The molecule has 5 heteroatoms. The van der Waals surface area contributed by atoms with Gasteiger partial charge >= 0.3 is 5.97 Å². The van der Waals surface area contributed by atoms with Gasteiger partial charge < -0.3 is 14.9 Å². The minimum atomic E-state index is -0.972. The van der Waals surface area contributed by atoms with Gasteiger partial charge in [-0.05, 0) is 86.9 Å². The molecule has 0 spiro atoms. The second-order valence-electron chi connectivity index (χ2n) is 9.56. The van der Waals surface area contributed by atoms with Gasteiger partial charge in [0.25, 0.3) is 0 Å². The van der Waals surface area contributed by atoms with Crippen LogP contribution in [-0.4, -0.2) is 27.4 Å². The van der Waals surface area contributed by atoms with Crippen molar-refractivity contribution in [1.29, 1.82) is 0 Å². The largest absolute Gasteiger partial charge is 0.505 e. The van der Waals surface area contributed by atoms with Crippen LogP contribution in [0.4, 0.5) is 4.39 Å². The average Bonchev–Trinajstić information content (AvgIpc) is 2.67. The third-order valence-corrected chi connectivity index (χ3v) is 5.64. The fraction of sp³-hybridized carbons (Fsp3) is 0.370. The molecule has 3 rings (SSSR count). The summed E-state index contributed by atoms with van der Waals surface area (Å²) in [4.78, 5) is 11.1. The lowest BCUT2D eigenvalue weighted by Gasteiger charge is -2.43. The molecular weight excluding hydrogens is 407 g/mol. The van der Waals surface area contributed by atoms with Crippen LogP contribution in [0.2, 0.25) is 0 Å². The van der Waals surface area contributed by atoms with Gasteiger partial charge in [0, 0.05) is 6.08 Å². The SMILES string of the molecule is CC/C(=C\C(=O)O)c1ccc(C(=C2CC(C)(C)OC(C)(C)C2)c2ccc(O)c(F)c2)cc1. The smallest absolute Gasteiger partial charge is 0.328 e. The highest BCUT2D eigenvalue weighted by Crippen LogP contribution is 2.43. The quantitative estimate of drug-likeness (QED) is 0.518. The van der Waals surface area contributed by atoms with E-state index in [0.717, 1.165) is 27.8 Å². The average molecular weight is 439 g/mol. The normalized spacial score (nSPS) is 17.8. The lowest BCUT2D eigenvalue weighted by molar-refractivity contribution is -0.138. The van der Waals surface area contributed by atoms with Gasteiger partial charge in [0.15, 0.2) is 11.6 Å². The maximum atomic E-state index is 14.3. The van der Waals surface area contributed by atoms with E-state index in [1.165, 1.54) is 18.2 Å². The molecule has 1 aliphatic heterocycles. The van der Waals surface area contributed by atoms with Gasteiger partial charge in [0.2, 0.25) is 0 Å². The van der Waals surface area contributed by atoms with E-state index in [2.05, 4.69) is 27.7 Å². The van der Waals surface area contributed by atoms with E-state index in [4.69, 9.17) is 9.84 Å². The van der Waals surface area contributed by atoms with E-state index < -0.39 is 11.8 Å². The van der Waals surface area contributed by atoms with Crippen molar-refractivity contribution >= 4 is 17.1 Å². The lowest BCUT2D eigenvalue weighted by Crippen LogP contribution is -2.42. The topological polar surface area (TPSA) is 66.8 Å². The summed E-state index contributed by atoms with van der Waals surface area (Å²) in [7, 11) is 0. The maximum absolute atomic E-state index is 14.3. The van der Waals surface area contributed by atoms with Crippen LogP contribution < -0.4 is 0 Å². The van der Waals surface area contributed by atoms with Crippen molar-refractivity contribution in [3.63, 3.8) is 0 Å². The highest BCUT2D eigenvalue weighted by atomic mass is 19.1. The first-order chi connectivity index (χ1) is 14.9. The van der Waals surface area contributed by atoms with Gasteiger partial charge in [-0.15, -0.1) is 0 Å². The minimum absolute atomic E-state index is 0.378. The molecule has 0 saturated carbocycles. The molecule has 0 atom stereocenters. The zero-order chi connectivity index (χ0) is 23.7. The van der Waals surface area contributed by atoms with Gasteiger partial charge in [-0.1, -0.05) is 42.8 Å². The number of carboxylic acid groups (broad SMARTS) is 1. The third kappa shape index (κ3) is 5.46. The number of phenolic OH excluding ortho intramolecular Hbond substituents is 1. The van der Waals surface area contributed by atoms with E-state index >= 15 is 0 Å². The Labute approximate surface area is 189 Å². The van der Waals surface area contributed by atoms with Gasteiger partial charge in [0.05, 0.1) is 11.2 Å². The van der Waals surface area contributed by atoms with E-state index in [1.54, 1.807) is 6.07 Å². The molecule has 4 nitrogen and oxygen atoms in total. The Kier molecular flexibility index (Phi) is 6.61. The van der Waals surface area contributed by atoms with Gasteiger partial charge in [-0.3, -0.25) is 0 Å². The van der Waals surface area contributed by atoms with Crippen molar-refractivity contribution < 1.29 is 24.1 Å². The number of hydrogen-bond acceptors (Lipinski definition) is 3. The second kappa shape index (κ2) is 8.91. The summed E-state index contributed by atoms with van der Waals surface area (Å²) in [6.07, 6.45) is 3.21. The monoisotopic (exact) mass is 438 g/mol. The number of rotatable bonds is 5. The summed E-state index contributed by atoms with van der Waals surface area (Å²) >= 11 is 0. The van der Waals surface area contributed by atoms with Crippen molar-refractivity contribution in [3.05, 3.63) is 76.6 Å². The molecule has 0 amide bonds. The number of aliphatic carboxylic acids is 1. The molecule has 2 aromatic carbocycles. The lowest BCUT2D eigenvalue weighted by atomic mass is 9.79. The molecule has 0 unspecified atom stereocenters. The predicted molar refractivity (Wildman–Crippen MR) is 125 cm³/mol. The zero-order valence-electron chi connectivity index (χ0n) is 19.3. The van der Waals surface area contributed by atoms with Crippen molar-refractivity contribution in [3.8, 4) is 5.75 Å². The van der Waals surface area contributed by atoms with Crippen LogP contribution in [0.25, 0.3) is 11.1 Å². The van der Waals surface area contributed by atoms with Crippen LogP contribution in [-0.2, 0) is 9.53 Å². The van der Waals surface area contributed by atoms with E-state index in [0.29, 0.717) is 24.8 Å². The number of hydrogen-bond donors (Lipinski definition) is 2. The molecule has 0 aliphatic carbocycles. The Hall–Kier alpha value is -2.92. The third-order valence-electron chi connectivity index (χ3n) is 5.64. The molecule has 1 heterocycles. The number of benzene rings is 2. The summed E-state index contributed by atoms with van der Waals surface area (Å²) in [6, 6.07) is 12.2. The van der Waals surface area contributed by atoms with Gasteiger partial charge in [-0.25, -0.2) is 9.18 Å². The molecule has 170 valence electrons. The standard InChI is InChI=1S/C27H31FO4/c1-6-17(14-24(30)31)18-7-9-19(10-8-18)25(20-11-12-23(29)22(28)13-20)21-15-26(2,3)32-27(4,5)16-21/h7-14,29H,6,15-16H2,1-5H3,(H,30,31)/b17-14+. The molecule has 2 N–H and O–H groups in total. The van der Waals surface area contributed by atoms with Gasteiger partial charge in [-0.2, -0.15) is 0 Å². The molecule has 32 heavy (non-hydrogen) atoms.